The molecule has 4 aliphatic rings. The number of rotatable bonds is 11. The average molecular weight is 763 g/mol. The van der Waals surface area contributed by atoms with Crippen LogP contribution in [0.4, 0.5) is 13.2 Å². The molecule has 4 aliphatic heterocycles. The van der Waals surface area contributed by atoms with E-state index in [1.165, 1.54) is 56.3 Å². The van der Waals surface area contributed by atoms with Crippen molar-refractivity contribution in [2.75, 3.05) is 78.8 Å². The Morgan fingerprint density at radius 1 is 0.868 bits per heavy atom. The van der Waals surface area contributed by atoms with E-state index in [2.05, 4.69) is 15.1 Å². The molecule has 2 aromatic rings. The van der Waals surface area contributed by atoms with Crippen LogP contribution in [0.25, 0.3) is 0 Å². The first-order chi connectivity index (χ1) is 25.3. The van der Waals surface area contributed by atoms with E-state index in [1.54, 1.807) is 0 Å². The highest BCUT2D eigenvalue weighted by Crippen LogP contribution is 2.44. The third-order valence-corrected chi connectivity index (χ3v) is 11.5. The number of hydrogen-bond acceptors (Lipinski definition) is 12. The van der Waals surface area contributed by atoms with Gasteiger partial charge in [-0.3, -0.25) is 14.6 Å². The van der Waals surface area contributed by atoms with Crippen molar-refractivity contribution in [3.05, 3.63) is 87.8 Å². The predicted molar refractivity (Wildman–Crippen MR) is 183 cm³/mol. The molecule has 0 saturated carbocycles. The maximum absolute atomic E-state index is 14.6. The third kappa shape index (κ3) is 8.28. The maximum atomic E-state index is 14.6. The first-order valence-electron chi connectivity index (χ1n) is 17.3. The smallest absolute Gasteiger partial charge is 0.416 e. The minimum atomic E-state index is -4.86. The highest BCUT2D eigenvalue weighted by Gasteiger charge is 2.45. The molecule has 17 heteroatoms. The van der Waals surface area contributed by atoms with Gasteiger partial charge in [-0.2, -0.15) is 13.2 Å². The molecule has 2 saturated heterocycles. The van der Waals surface area contributed by atoms with Crippen molar-refractivity contribution < 1.29 is 54.9 Å². The standard InChI is InChI=1S/C36H41F3N4O9S/c1-23-30(34(45)51-20-15-43-33(44)27-8-4-6-10-29(27)53(43,47)48)32(26-7-3-5-9-28(26)36(37,38)39)31(24(2)40-23)35(46)52-25(21-41-11-16-49-17-12-41)22-42-13-18-50-19-14-42/h3-10,25,32,40H,11-22H2,1-2H3. The number of carbonyl (C=O) groups excluding carboxylic acids is 3. The van der Waals surface area contributed by atoms with Crippen molar-refractivity contribution in [3.63, 3.8) is 0 Å². The number of sulfonamides is 1. The van der Waals surface area contributed by atoms with Crippen LogP contribution >= 0.6 is 0 Å². The Kier molecular flexibility index (Phi) is 11.6. The van der Waals surface area contributed by atoms with Crippen LogP contribution < -0.4 is 5.32 Å². The molecule has 286 valence electrons. The van der Waals surface area contributed by atoms with Gasteiger partial charge in [-0.05, 0) is 37.6 Å². The molecule has 1 unspecified atom stereocenters. The Bertz CT molecular complexity index is 1880. The average Bonchev–Trinajstić information content (AvgIpc) is 3.32. The molecular formula is C36H41F3N4O9S. The van der Waals surface area contributed by atoms with Gasteiger partial charge in [-0.25, -0.2) is 22.3 Å². The molecule has 1 atom stereocenters. The zero-order chi connectivity index (χ0) is 37.9. The van der Waals surface area contributed by atoms with Crippen molar-refractivity contribution >= 4 is 27.9 Å². The molecule has 0 spiro atoms. The van der Waals surface area contributed by atoms with E-state index in [-0.39, 0.29) is 38.6 Å². The lowest BCUT2D eigenvalue weighted by molar-refractivity contribution is -0.148. The molecule has 0 radical (unpaired) electrons. The van der Waals surface area contributed by atoms with Gasteiger partial charge in [-0.1, -0.05) is 30.3 Å². The summed E-state index contributed by atoms with van der Waals surface area (Å²) in [6.07, 6.45) is -5.55. The molecule has 0 aliphatic carbocycles. The molecular weight excluding hydrogens is 721 g/mol. The van der Waals surface area contributed by atoms with Crippen molar-refractivity contribution in [3.8, 4) is 0 Å². The molecule has 6 rings (SSSR count). The van der Waals surface area contributed by atoms with E-state index < -0.39 is 64.8 Å². The van der Waals surface area contributed by atoms with Gasteiger partial charge < -0.3 is 24.3 Å². The molecule has 0 bridgehead atoms. The van der Waals surface area contributed by atoms with Crippen LogP contribution in [0.5, 0.6) is 0 Å². The van der Waals surface area contributed by atoms with Gasteiger partial charge in [0.05, 0.1) is 61.2 Å². The van der Waals surface area contributed by atoms with E-state index in [0.29, 0.717) is 70.0 Å². The van der Waals surface area contributed by atoms with Gasteiger partial charge in [0.1, 0.15) is 17.6 Å². The molecule has 1 amide bonds. The summed E-state index contributed by atoms with van der Waals surface area (Å²) < 4.78 is 93.0. The normalized spacial score (nSPS) is 21.1. The number of dihydropyridines is 1. The van der Waals surface area contributed by atoms with E-state index in [1.807, 2.05) is 0 Å². The van der Waals surface area contributed by atoms with Gasteiger partial charge >= 0.3 is 18.1 Å². The van der Waals surface area contributed by atoms with Gasteiger partial charge in [0.15, 0.2) is 0 Å². The maximum Gasteiger partial charge on any atom is 0.416 e. The fourth-order valence-corrected chi connectivity index (χ4v) is 8.65. The SMILES string of the molecule is CC1=C(C(=O)OCCN2C(=O)c3ccccc3S2(=O)=O)C(c2ccccc2C(F)(F)F)C(C(=O)OC(CN2CCOCC2)CN2CCOCC2)=C(C)N1. The Morgan fingerprint density at radius 2 is 1.42 bits per heavy atom. The monoisotopic (exact) mass is 762 g/mol. The van der Waals surface area contributed by atoms with Crippen molar-refractivity contribution in [2.24, 2.45) is 0 Å². The first-order valence-corrected chi connectivity index (χ1v) is 18.7. The lowest BCUT2D eigenvalue weighted by atomic mass is 9.78. The van der Waals surface area contributed by atoms with Crippen LogP contribution in [0.2, 0.25) is 0 Å². The summed E-state index contributed by atoms with van der Waals surface area (Å²) in [4.78, 5) is 45.2. The zero-order valence-corrected chi connectivity index (χ0v) is 30.1. The topological polar surface area (TPSA) is 144 Å². The summed E-state index contributed by atoms with van der Waals surface area (Å²) in [6.45, 7) is 6.98. The zero-order valence-electron chi connectivity index (χ0n) is 29.3. The Hall–Kier alpha value is -4.29. The van der Waals surface area contributed by atoms with Gasteiger partial charge in [0.2, 0.25) is 0 Å². The van der Waals surface area contributed by atoms with E-state index in [9.17, 15) is 36.0 Å². The van der Waals surface area contributed by atoms with Gasteiger partial charge in [0.25, 0.3) is 15.9 Å². The Balaban J connectivity index is 1.29. The number of carbonyl (C=O) groups is 3. The molecule has 4 heterocycles. The van der Waals surface area contributed by atoms with Gasteiger partial charge in [0, 0.05) is 50.7 Å². The Morgan fingerprint density at radius 3 is 2.00 bits per heavy atom. The number of nitrogens with one attached hydrogen (secondary N) is 1. The third-order valence-electron chi connectivity index (χ3n) is 9.62. The summed E-state index contributed by atoms with van der Waals surface area (Å²) in [7, 11) is -4.21. The van der Waals surface area contributed by atoms with Crippen LogP contribution in [0.1, 0.15) is 41.3 Å². The van der Waals surface area contributed by atoms with Crippen LogP contribution in [0.15, 0.2) is 76.0 Å². The lowest BCUT2D eigenvalue weighted by Gasteiger charge is -2.36. The van der Waals surface area contributed by atoms with Crippen molar-refractivity contribution in [1.82, 2.24) is 19.4 Å². The second kappa shape index (κ2) is 16.0. The molecule has 13 nitrogen and oxygen atoms in total. The number of benzene rings is 2. The predicted octanol–water partition coefficient (Wildman–Crippen LogP) is 2.90. The number of esters is 2. The van der Waals surface area contributed by atoms with Crippen LogP contribution in [0, 0.1) is 0 Å². The van der Waals surface area contributed by atoms with Crippen LogP contribution in [-0.4, -0.2) is 125 Å². The van der Waals surface area contributed by atoms with E-state index in [4.69, 9.17) is 18.9 Å². The Labute approximate surface area is 305 Å². The van der Waals surface area contributed by atoms with Crippen LogP contribution in [-0.2, 0) is 44.7 Å². The number of ether oxygens (including phenoxy) is 4. The summed E-state index contributed by atoms with van der Waals surface area (Å²) >= 11 is 0. The molecule has 2 aromatic carbocycles. The number of hydrogen-bond donors (Lipinski definition) is 1. The fraction of sp³-hybridized carbons (Fsp3) is 0.472. The number of morpholine rings is 2. The highest BCUT2D eigenvalue weighted by molar-refractivity contribution is 7.90. The minimum Gasteiger partial charge on any atom is -0.460 e. The van der Waals surface area contributed by atoms with Crippen molar-refractivity contribution in [2.45, 2.75) is 36.9 Å². The summed E-state index contributed by atoms with van der Waals surface area (Å²) in [5.74, 6) is -4.39. The van der Waals surface area contributed by atoms with Gasteiger partial charge in [-0.15, -0.1) is 0 Å². The highest BCUT2D eigenvalue weighted by atomic mass is 32.2. The quantitative estimate of drug-likeness (QED) is 0.337. The number of allylic oxidation sites excluding steroid dienone is 2. The number of alkyl halides is 3. The van der Waals surface area contributed by atoms with Crippen LogP contribution in [0.3, 0.4) is 0 Å². The van der Waals surface area contributed by atoms with Crippen molar-refractivity contribution in [1.29, 1.82) is 0 Å². The summed E-state index contributed by atoms with van der Waals surface area (Å²) in [5.41, 5.74) is -1.65. The van der Waals surface area contributed by atoms with E-state index >= 15 is 0 Å². The first kappa shape index (κ1) is 38.4. The summed E-state index contributed by atoms with van der Waals surface area (Å²) in [5, 5.41) is 2.96. The lowest BCUT2D eigenvalue weighted by Crippen LogP contribution is -2.48. The number of halogens is 3. The van der Waals surface area contributed by atoms with E-state index in [0.717, 1.165) is 6.07 Å². The largest absolute Gasteiger partial charge is 0.460 e. The fourth-order valence-electron chi connectivity index (χ4n) is 7.09. The molecule has 1 N–H and O–H groups in total. The number of fused-ring (bicyclic) bond motifs is 1. The minimum absolute atomic E-state index is 0.0259. The molecule has 2 fully saturated rings. The second-order valence-corrected chi connectivity index (χ2v) is 14.9. The molecule has 53 heavy (non-hydrogen) atoms. The second-order valence-electron chi connectivity index (χ2n) is 13.1. The summed E-state index contributed by atoms with van der Waals surface area (Å²) in [6, 6.07) is 10.3. The number of amides is 1. The molecule has 0 aromatic heterocycles. The number of nitrogens with zero attached hydrogens (tertiary/aromatic N) is 3.